The minimum Gasteiger partial charge on any atom is -0.482 e. The second-order valence-corrected chi connectivity index (χ2v) is 7.51. The molecule has 0 unspecified atom stereocenters. The van der Waals surface area contributed by atoms with E-state index in [2.05, 4.69) is 5.32 Å². The van der Waals surface area contributed by atoms with Gasteiger partial charge in [0.15, 0.2) is 13.2 Å². The van der Waals surface area contributed by atoms with Crippen molar-refractivity contribution >= 4 is 22.8 Å². The highest BCUT2D eigenvalue weighted by Gasteiger charge is 2.19. The van der Waals surface area contributed by atoms with Crippen molar-refractivity contribution in [3.63, 3.8) is 0 Å². The molecule has 0 spiro atoms. The lowest BCUT2D eigenvalue weighted by Gasteiger charge is -2.10. The van der Waals surface area contributed by atoms with Gasteiger partial charge in [0.25, 0.3) is 5.91 Å². The van der Waals surface area contributed by atoms with E-state index in [0.29, 0.717) is 17.9 Å². The van der Waals surface area contributed by atoms with Gasteiger partial charge in [-0.3, -0.25) is 4.79 Å². The third-order valence-corrected chi connectivity index (χ3v) is 5.40. The number of hydrogen-bond acceptors (Lipinski definition) is 6. The van der Waals surface area contributed by atoms with Crippen LogP contribution in [0.2, 0.25) is 0 Å². The van der Waals surface area contributed by atoms with Crippen LogP contribution in [0.25, 0.3) is 11.0 Å². The van der Waals surface area contributed by atoms with Gasteiger partial charge in [-0.15, -0.1) is 0 Å². The van der Waals surface area contributed by atoms with Crippen molar-refractivity contribution in [2.45, 2.75) is 32.7 Å². The number of benzene rings is 2. The Morgan fingerprint density at radius 1 is 1.06 bits per heavy atom. The molecule has 1 amide bonds. The normalized spacial score (nSPS) is 12.4. The van der Waals surface area contributed by atoms with E-state index >= 15 is 0 Å². The zero-order chi connectivity index (χ0) is 21.8. The van der Waals surface area contributed by atoms with Gasteiger partial charge in [0, 0.05) is 23.6 Å². The van der Waals surface area contributed by atoms with Gasteiger partial charge in [0.05, 0.1) is 0 Å². The van der Waals surface area contributed by atoms with Crippen LogP contribution in [0.3, 0.4) is 0 Å². The summed E-state index contributed by atoms with van der Waals surface area (Å²) < 4.78 is 15.8. The number of aryl methyl sites for hydroxylation is 2. The van der Waals surface area contributed by atoms with Crippen molar-refractivity contribution in [2.75, 3.05) is 13.2 Å². The van der Waals surface area contributed by atoms with E-state index in [1.807, 2.05) is 37.3 Å². The van der Waals surface area contributed by atoms with Crippen molar-refractivity contribution in [1.82, 2.24) is 5.32 Å². The Balaban J connectivity index is 1.27. The van der Waals surface area contributed by atoms with Gasteiger partial charge < -0.3 is 19.2 Å². The molecule has 7 nitrogen and oxygen atoms in total. The quantitative estimate of drug-likeness (QED) is 0.466. The highest BCUT2D eigenvalue weighted by Crippen LogP contribution is 2.29. The first-order chi connectivity index (χ1) is 15.0. The van der Waals surface area contributed by atoms with Gasteiger partial charge in [-0.25, -0.2) is 9.59 Å². The second kappa shape index (κ2) is 9.04. The maximum absolute atomic E-state index is 12.1. The molecular formula is C24H23NO6. The van der Waals surface area contributed by atoms with Crippen molar-refractivity contribution in [1.29, 1.82) is 0 Å². The number of fused-ring (bicyclic) bond motifs is 3. The van der Waals surface area contributed by atoms with Gasteiger partial charge in [0.2, 0.25) is 0 Å². The summed E-state index contributed by atoms with van der Waals surface area (Å²) in [6.45, 7) is 1.59. The first kappa shape index (κ1) is 20.7. The van der Waals surface area contributed by atoms with Crippen LogP contribution in [0.1, 0.15) is 28.7 Å². The molecule has 1 aliphatic rings. The average molecular weight is 421 g/mol. The van der Waals surface area contributed by atoms with E-state index in [4.69, 9.17) is 13.9 Å². The highest BCUT2D eigenvalue weighted by atomic mass is 16.6. The molecular weight excluding hydrogens is 398 g/mol. The van der Waals surface area contributed by atoms with Crippen molar-refractivity contribution in [3.8, 4) is 5.75 Å². The molecule has 160 valence electrons. The molecule has 1 N–H and O–H groups in total. The van der Waals surface area contributed by atoms with E-state index in [1.54, 1.807) is 12.1 Å². The fraction of sp³-hybridized carbons (Fsp3) is 0.292. The van der Waals surface area contributed by atoms with E-state index in [-0.39, 0.29) is 18.8 Å². The topological polar surface area (TPSA) is 94.8 Å². The van der Waals surface area contributed by atoms with Crippen LogP contribution >= 0.6 is 0 Å². The Morgan fingerprint density at radius 2 is 1.87 bits per heavy atom. The molecule has 0 saturated carbocycles. The minimum absolute atomic E-state index is 0.312. The maximum atomic E-state index is 12.1. The molecule has 31 heavy (non-hydrogen) atoms. The van der Waals surface area contributed by atoms with E-state index in [0.717, 1.165) is 46.9 Å². The van der Waals surface area contributed by atoms with Crippen LogP contribution in [-0.4, -0.2) is 25.1 Å². The number of ether oxygens (including phenoxy) is 2. The molecule has 0 radical (unpaired) electrons. The fourth-order valence-corrected chi connectivity index (χ4v) is 3.74. The van der Waals surface area contributed by atoms with Gasteiger partial charge in [-0.2, -0.15) is 0 Å². The van der Waals surface area contributed by atoms with Gasteiger partial charge in [0.1, 0.15) is 11.3 Å². The van der Waals surface area contributed by atoms with Crippen LogP contribution in [0.4, 0.5) is 0 Å². The Kier molecular flexibility index (Phi) is 6.02. The third kappa shape index (κ3) is 4.77. The monoisotopic (exact) mass is 421 g/mol. The summed E-state index contributed by atoms with van der Waals surface area (Å²) >= 11 is 0. The van der Waals surface area contributed by atoms with E-state index in [1.165, 1.54) is 0 Å². The Bertz CT molecular complexity index is 1200. The number of nitrogens with one attached hydrogen (secondary N) is 1. The summed E-state index contributed by atoms with van der Waals surface area (Å²) in [6, 6.07) is 12.9. The Hall–Kier alpha value is -3.61. The molecule has 2 aromatic carbocycles. The summed E-state index contributed by atoms with van der Waals surface area (Å²) in [4.78, 5) is 35.9. The van der Waals surface area contributed by atoms with Gasteiger partial charge >= 0.3 is 11.6 Å². The van der Waals surface area contributed by atoms with Crippen molar-refractivity contribution < 1.29 is 23.5 Å². The average Bonchev–Trinajstić information content (AvgIpc) is 3.26. The fourth-order valence-electron chi connectivity index (χ4n) is 3.74. The molecule has 0 fully saturated rings. The largest absolute Gasteiger partial charge is 0.482 e. The van der Waals surface area contributed by atoms with Crippen molar-refractivity contribution in [2.24, 2.45) is 0 Å². The first-order valence-corrected chi connectivity index (χ1v) is 10.2. The zero-order valence-corrected chi connectivity index (χ0v) is 17.2. The van der Waals surface area contributed by atoms with E-state index < -0.39 is 11.9 Å². The summed E-state index contributed by atoms with van der Waals surface area (Å²) in [6.07, 6.45) is 2.55. The Labute approximate surface area is 179 Å². The molecule has 1 heterocycles. The lowest BCUT2D eigenvalue weighted by Crippen LogP contribution is -2.29. The maximum Gasteiger partial charge on any atom is 0.344 e. The van der Waals surface area contributed by atoms with Crippen LogP contribution < -0.4 is 15.7 Å². The lowest BCUT2D eigenvalue weighted by atomic mass is 10.1. The van der Waals surface area contributed by atoms with Crippen LogP contribution in [-0.2, 0) is 33.7 Å². The number of rotatable bonds is 7. The lowest BCUT2D eigenvalue weighted by molar-refractivity contribution is -0.150. The van der Waals surface area contributed by atoms with Gasteiger partial charge in [-0.1, -0.05) is 24.3 Å². The van der Waals surface area contributed by atoms with Crippen LogP contribution in [0.5, 0.6) is 5.75 Å². The smallest absolute Gasteiger partial charge is 0.344 e. The number of carbonyl (C=O) groups is 2. The van der Waals surface area contributed by atoms with Crippen LogP contribution in [0.15, 0.2) is 51.7 Å². The number of hydrogen-bond donors (Lipinski definition) is 1. The molecule has 0 aliphatic heterocycles. The SMILES string of the molecule is Cc1ccccc1CNC(=O)COC(=O)COc1ccc2c3c(c(=O)oc2c1)CCC3. The predicted octanol–water partition coefficient (Wildman–Crippen LogP) is 2.83. The molecule has 0 bridgehead atoms. The molecule has 3 aromatic rings. The molecule has 4 rings (SSSR count). The third-order valence-electron chi connectivity index (χ3n) is 5.40. The predicted molar refractivity (Wildman–Crippen MR) is 114 cm³/mol. The molecule has 1 aliphatic carbocycles. The summed E-state index contributed by atoms with van der Waals surface area (Å²) in [5.41, 5.74) is 3.99. The number of amides is 1. The van der Waals surface area contributed by atoms with Crippen molar-refractivity contribution in [3.05, 3.63) is 75.1 Å². The molecule has 7 heteroatoms. The second-order valence-electron chi connectivity index (χ2n) is 7.51. The van der Waals surface area contributed by atoms with Gasteiger partial charge in [-0.05, 0) is 55.0 Å². The molecule has 0 saturated heterocycles. The highest BCUT2D eigenvalue weighted by molar-refractivity contribution is 5.83. The summed E-state index contributed by atoms with van der Waals surface area (Å²) in [5, 5.41) is 3.61. The standard InChI is InChI=1S/C24H23NO6/c1-15-5-2-3-6-16(15)12-25-22(26)13-30-23(27)14-29-17-9-10-19-18-7-4-8-20(18)24(28)31-21(19)11-17/h2-3,5-6,9-11H,4,7-8,12-14H2,1H3,(H,25,26). The van der Waals surface area contributed by atoms with E-state index in [9.17, 15) is 14.4 Å². The first-order valence-electron chi connectivity index (χ1n) is 10.2. The number of carbonyl (C=O) groups excluding carboxylic acids is 2. The summed E-state index contributed by atoms with van der Waals surface area (Å²) in [5.74, 6) is -0.672. The zero-order valence-electron chi connectivity index (χ0n) is 17.2. The van der Waals surface area contributed by atoms with Crippen LogP contribution in [0, 0.1) is 6.92 Å². The minimum atomic E-state index is -0.665. The number of esters is 1. The Morgan fingerprint density at radius 3 is 2.71 bits per heavy atom. The summed E-state index contributed by atoms with van der Waals surface area (Å²) in [7, 11) is 0. The molecule has 0 atom stereocenters. The molecule has 1 aromatic heterocycles.